The summed E-state index contributed by atoms with van der Waals surface area (Å²) in [5, 5.41) is 10.7. The van der Waals surface area contributed by atoms with Crippen LogP contribution in [0.1, 0.15) is 78.1 Å². The van der Waals surface area contributed by atoms with Crippen LogP contribution in [0.4, 0.5) is 0 Å². The molecule has 2 fully saturated rings. The molecule has 2 aliphatic rings. The molecule has 110 valence electrons. The number of hydrogen-bond acceptors (Lipinski definition) is 2. The second-order valence-electron chi connectivity index (χ2n) is 7.01. The first-order valence-electron chi connectivity index (χ1n) is 8.31. The molecular weight excluding hydrogens is 236 g/mol. The summed E-state index contributed by atoms with van der Waals surface area (Å²) in [5.74, 6) is 1.71. The van der Waals surface area contributed by atoms with Crippen molar-refractivity contribution in [3.63, 3.8) is 0 Å². The van der Waals surface area contributed by atoms with Crippen molar-refractivity contribution in [3.05, 3.63) is 0 Å². The molecule has 0 saturated heterocycles. The van der Waals surface area contributed by atoms with Crippen LogP contribution in [0.15, 0.2) is 0 Å². The van der Waals surface area contributed by atoms with Crippen LogP contribution < -0.4 is 0 Å². The predicted octanol–water partition coefficient (Wildman–Crippen LogP) is 4.10. The van der Waals surface area contributed by atoms with E-state index in [-0.39, 0.29) is 5.92 Å². The first-order valence-corrected chi connectivity index (χ1v) is 8.31. The van der Waals surface area contributed by atoms with Gasteiger partial charge in [-0.2, -0.15) is 0 Å². The number of carbonyl (C=O) groups is 1. The minimum atomic E-state index is -0.461. The van der Waals surface area contributed by atoms with Gasteiger partial charge in [0.1, 0.15) is 5.78 Å². The molecule has 0 bridgehead atoms. The first kappa shape index (κ1) is 15.0. The Kier molecular flexibility index (Phi) is 5.05. The first-order chi connectivity index (χ1) is 9.06. The fraction of sp³-hybridized carbons (Fsp3) is 0.941. The molecule has 0 amide bonds. The number of carbonyl (C=O) groups excluding carboxylic acids is 1. The number of fused-ring (bicyclic) bond motifs is 1. The summed E-state index contributed by atoms with van der Waals surface area (Å²) in [7, 11) is 0. The Balaban J connectivity index is 1.77. The summed E-state index contributed by atoms with van der Waals surface area (Å²) in [6, 6.07) is 0. The number of unbranched alkanes of at least 4 members (excludes halogenated alkanes) is 4. The molecule has 0 heterocycles. The number of ketones is 1. The highest BCUT2D eigenvalue weighted by atomic mass is 16.3. The highest BCUT2D eigenvalue weighted by Gasteiger charge is 2.47. The molecule has 0 aromatic heterocycles. The number of aliphatic hydroxyl groups is 1. The summed E-state index contributed by atoms with van der Waals surface area (Å²) >= 11 is 0. The van der Waals surface area contributed by atoms with Gasteiger partial charge in [-0.05, 0) is 37.5 Å². The fourth-order valence-electron chi connectivity index (χ4n) is 4.26. The molecule has 0 spiro atoms. The zero-order valence-corrected chi connectivity index (χ0v) is 12.7. The van der Waals surface area contributed by atoms with Crippen molar-refractivity contribution < 1.29 is 9.90 Å². The largest absolute Gasteiger partial charge is 0.390 e. The van der Waals surface area contributed by atoms with Gasteiger partial charge in [0.25, 0.3) is 0 Å². The Morgan fingerprint density at radius 1 is 1.26 bits per heavy atom. The lowest BCUT2D eigenvalue weighted by atomic mass is 9.70. The van der Waals surface area contributed by atoms with E-state index in [1.54, 1.807) is 0 Å². The molecule has 2 nitrogen and oxygen atoms in total. The van der Waals surface area contributed by atoms with Crippen molar-refractivity contribution in [1.82, 2.24) is 0 Å². The number of rotatable bonds is 6. The van der Waals surface area contributed by atoms with E-state index in [0.29, 0.717) is 17.6 Å². The van der Waals surface area contributed by atoms with Crippen molar-refractivity contribution in [2.75, 3.05) is 0 Å². The monoisotopic (exact) mass is 266 g/mol. The van der Waals surface area contributed by atoms with E-state index in [1.165, 1.54) is 25.7 Å². The minimum absolute atomic E-state index is 0.249. The van der Waals surface area contributed by atoms with Gasteiger partial charge in [0, 0.05) is 12.3 Å². The van der Waals surface area contributed by atoms with Crippen LogP contribution >= 0.6 is 0 Å². The van der Waals surface area contributed by atoms with Gasteiger partial charge in [-0.3, -0.25) is 4.79 Å². The summed E-state index contributed by atoms with van der Waals surface area (Å²) < 4.78 is 0. The molecule has 2 heteroatoms. The average Bonchev–Trinajstić information content (AvgIpc) is 2.64. The Hall–Kier alpha value is -0.370. The third kappa shape index (κ3) is 3.59. The van der Waals surface area contributed by atoms with Gasteiger partial charge in [-0.25, -0.2) is 0 Å². The van der Waals surface area contributed by atoms with Gasteiger partial charge >= 0.3 is 0 Å². The summed E-state index contributed by atoms with van der Waals surface area (Å²) in [4.78, 5) is 11.8. The van der Waals surface area contributed by atoms with Crippen LogP contribution in [-0.2, 0) is 4.79 Å². The third-order valence-electron chi connectivity index (χ3n) is 5.55. The standard InChI is InChI=1S/C17H30O2/c1-3-4-5-6-7-9-17(19)10-8-15-13(2)16(18)11-14(15)12-17/h13-15,19H,3-12H2,1-2H3/t13-,14+,15-,17+/m1/s1. The van der Waals surface area contributed by atoms with E-state index in [1.807, 2.05) is 0 Å². The van der Waals surface area contributed by atoms with Crippen molar-refractivity contribution in [3.8, 4) is 0 Å². The Bertz CT molecular complexity index is 312. The summed E-state index contributed by atoms with van der Waals surface area (Å²) in [6.45, 7) is 4.31. The maximum absolute atomic E-state index is 11.8. The number of hydrogen-bond donors (Lipinski definition) is 1. The molecule has 2 rings (SSSR count). The van der Waals surface area contributed by atoms with Gasteiger partial charge < -0.3 is 5.11 Å². The molecule has 0 aliphatic heterocycles. The zero-order chi connectivity index (χ0) is 13.9. The van der Waals surface area contributed by atoms with Crippen molar-refractivity contribution in [2.24, 2.45) is 17.8 Å². The molecule has 4 atom stereocenters. The molecule has 2 saturated carbocycles. The van der Waals surface area contributed by atoms with Crippen LogP contribution in [0.2, 0.25) is 0 Å². The highest BCUT2D eigenvalue weighted by molar-refractivity contribution is 5.83. The predicted molar refractivity (Wildman–Crippen MR) is 77.9 cm³/mol. The second-order valence-corrected chi connectivity index (χ2v) is 7.01. The Morgan fingerprint density at radius 3 is 2.74 bits per heavy atom. The van der Waals surface area contributed by atoms with Gasteiger partial charge in [-0.1, -0.05) is 46.0 Å². The molecule has 2 aliphatic carbocycles. The molecule has 0 aromatic rings. The maximum Gasteiger partial charge on any atom is 0.136 e. The molecule has 19 heavy (non-hydrogen) atoms. The van der Waals surface area contributed by atoms with E-state index in [0.717, 1.165) is 38.5 Å². The van der Waals surface area contributed by atoms with Crippen molar-refractivity contribution in [2.45, 2.75) is 83.7 Å². The molecule has 1 N–H and O–H groups in total. The van der Waals surface area contributed by atoms with Gasteiger partial charge in [-0.15, -0.1) is 0 Å². The van der Waals surface area contributed by atoms with Crippen LogP contribution in [0.5, 0.6) is 0 Å². The minimum Gasteiger partial charge on any atom is -0.390 e. The molecule has 0 unspecified atom stereocenters. The SMILES string of the molecule is CCCCCCC[C@]1(O)CC[C@H]2[C@@H](CC(=O)[C@@H]2C)C1. The lowest BCUT2D eigenvalue weighted by molar-refractivity contribution is -0.120. The zero-order valence-electron chi connectivity index (χ0n) is 12.7. The van der Waals surface area contributed by atoms with Gasteiger partial charge in [0.05, 0.1) is 5.60 Å². The number of Topliss-reactive ketones (excluding diaryl/α,β-unsaturated/α-hetero) is 1. The second kappa shape index (κ2) is 6.39. The van der Waals surface area contributed by atoms with E-state index >= 15 is 0 Å². The lowest BCUT2D eigenvalue weighted by Gasteiger charge is -2.39. The van der Waals surface area contributed by atoms with Crippen molar-refractivity contribution >= 4 is 5.78 Å². The van der Waals surface area contributed by atoms with Gasteiger partial charge in [0.2, 0.25) is 0 Å². The van der Waals surface area contributed by atoms with E-state index < -0.39 is 5.60 Å². The summed E-state index contributed by atoms with van der Waals surface area (Å²) in [5.41, 5.74) is -0.461. The van der Waals surface area contributed by atoms with E-state index in [4.69, 9.17) is 0 Å². The van der Waals surface area contributed by atoms with E-state index in [9.17, 15) is 9.90 Å². The summed E-state index contributed by atoms with van der Waals surface area (Å²) in [6.07, 6.45) is 10.8. The fourth-order valence-corrected chi connectivity index (χ4v) is 4.26. The van der Waals surface area contributed by atoms with Crippen molar-refractivity contribution in [1.29, 1.82) is 0 Å². The average molecular weight is 266 g/mol. The Morgan fingerprint density at radius 2 is 2.00 bits per heavy atom. The van der Waals surface area contributed by atoms with E-state index in [2.05, 4.69) is 13.8 Å². The smallest absolute Gasteiger partial charge is 0.136 e. The van der Waals surface area contributed by atoms with Crippen LogP contribution in [0.25, 0.3) is 0 Å². The maximum atomic E-state index is 11.8. The van der Waals surface area contributed by atoms with Gasteiger partial charge in [0.15, 0.2) is 0 Å². The Labute approximate surface area is 118 Å². The highest BCUT2D eigenvalue weighted by Crippen LogP contribution is 2.48. The van der Waals surface area contributed by atoms with Crippen LogP contribution in [0, 0.1) is 17.8 Å². The molecule has 0 radical (unpaired) electrons. The third-order valence-corrected chi connectivity index (χ3v) is 5.55. The molecule has 0 aromatic carbocycles. The van der Waals surface area contributed by atoms with Crippen LogP contribution in [0.3, 0.4) is 0 Å². The normalized spacial score (nSPS) is 38.5. The quantitative estimate of drug-likeness (QED) is 0.735. The molecular formula is C17H30O2. The van der Waals surface area contributed by atoms with Crippen LogP contribution in [-0.4, -0.2) is 16.5 Å². The topological polar surface area (TPSA) is 37.3 Å². The lowest BCUT2D eigenvalue weighted by Crippen LogP contribution is -2.38.